The number of nitro groups is 1. The quantitative estimate of drug-likeness (QED) is 0.500. The van der Waals surface area contributed by atoms with Crippen LogP contribution in [0.15, 0.2) is 54.7 Å². The van der Waals surface area contributed by atoms with Gasteiger partial charge in [0.15, 0.2) is 6.61 Å². The highest BCUT2D eigenvalue weighted by Gasteiger charge is 2.09. The average molecular weight is 367 g/mol. The van der Waals surface area contributed by atoms with Gasteiger partial charge in [0.25, 0.3) is 11.6 Å². The highest BCUT2D eigenvalue weighted by Crippen LogP contribution is 2.22. The van der Waals surface area contributed by atoms with Crippen LogP contribution < -0.4 is 10.1 Å². The van der Waals surface area contributed by atoms with E-state index in [1.165, 1.54) is 18.2 Å². The molecule has 3 aromatic rings. The molecule has 1 amide bonds. The van der Waals surface area contributed by atoms with Crippen LogP contribution in [0.25, 0.3) is 10.9 Å². The number of fused-ring (bicyclic) bond motifs is 1. The molecule has 0 saturated carbocycles. The van der Waals surface area contributed by atoms with Gasteiger partial charge in [-0.1, -0.05) is 19.9 Å². The molecule has 7 heteroatoms. The number of benzene rings is 2. The molecule has 140 valence electrons. The molecule has 1 aromatic heterocycles. The zero-order chi connectivity index (χ0) is 19.4. The Bertz CT molecular complexity index is 978. The number of aromatic nitrogens is 1. The molecule has 0 saturated heterocycles. The maximum Gasteiger partial charge on any atom is 0.273 e. The maximum absolute atomic E-state index is 12.1. The maximum atomic E-state index is 12.1. The van der Waals surface area contributed by atoms with E-state index in [1.54, 1.807) is 6.07 Å². The van der Waals surface area contributed by atoms with E-state index < -0.39 is 4.92 Å². The molecule has 0 atom stereocenters. The molecule has 0 aliphatic heterocycles. The summed E-state index contributed by atoms with van der Waals surface area (Å²) in [5.74, 6) is 0.494. The first-order chi connectivity index (χ1) is 12.9. The lowest BCUT2D eigenvalue weighted by Crippen LogP contribution is -2.20. The predicted octanol–water partition coefficient (Wildman–Crippen LogP) is 4.22. The third kappa shape index (κ3) is 4.63. The highest BCUT2D eigenvalue weighted by molar-refractivity contribution is 5.94. The van der Waals surface area contributed by atoms with E-state index in [-0.39, 0.29) is 24.0 Å². The number of carbonyl (C=O) groups is 1. The van der Waals surface area contributed by atoms with Gasteiger partial charge in [-0.3, -0.25) is 14.9 Å². The molecule has 0 radical (unpaired) electrons. The number of rotatable bonds is 7. The SMILES string of the molecule is CC(C)Cn1ccc2cc(NC(=O)COc3cccc([N+](=O)[O-])c3)ccc21. The van der Waals surface area contributed by atoms with E-state index >= 15 is 0 Å². The van der Waals surface area contributed by atoms with Gasteiger partial charge in [0, 0.05) is 35.4 Å². The number of carbonyl (C=O) groups excluding carboxylic acids is 1. The van der Waals surface area contributed by atoms with Crippen molar-refractivity contribution >= 4 is 28.2 Å². The Morgan fingerprint density at radius 3 is 2.78 bits per heavy atom. The van der Waals surface area contributed by atoms with Gasteiger partial charge in [-0.15, -0.1) is 0 Å². The summed E-state index contributed by atoms with van der Waals surface area (Å²) >= 11 is 0. The second-order valence-corrected chi connectivity index (χ2v) is 6.73. The summed E-state index contributed by atoms with van der Waals surface area (Å²) in [6.45, 7) is 5.05. The summed E-state index contributed by atoms with van der Waals surface area (Å²) < 4.78 is 7.54. The minimum absolute atomic E-state index is 0.0794. The van der Waals surface area contributed by atoms with Crippen LogP contribution in [0.2, 0.25) is 0 Å². The summed E-state index contributed by atoms with van der Waals surface area (Å²) in [7, 11) is 0. The number of non-ortho nitro benzene ring substituents is 1. The number of nitrogens with zero attached hydrogens (tertiary/aromatic N) is 2. The first kappa shape index (κ1) is 18.4. The fraction of sp³-hybridized carbons (Fsp3) is 0.250. The third-order valence-corrected chi connectivity index (χ3v) is 4.01. The largest absolute Gasteiger partial charge is 0.484 e. The smallest absolute Gasteiger partial charge is 0.273 e. The number of hydrogen-bond donors (Lipinski definition) is 1. The van der Waals surface area contributed by atoms with E-state index in [0.717, 1.165) is 17.4 Å². The van der Waals surface area contributed by atoms with Gasteiger partial charge < -0.3 is 14.6 Å². The molecule has 27 heavy (non-hydrogen) atoms. The van der Waals surface area contributed by atoms with Crippen molar-refractivity contribution in [2.45, 2.75) is 20.4 Å². The van der Waals surface area contributed by atoms with Crippen molar-refractivity contribution in [3.63, 3.8) is 0 Å². The Morgan fingerprint density at radius 2 is 2.04 bits per heavy atom. The standard InChI is InChI=1S/C20H21N3O4/c1-14(2)12-22-9-8-15-10-16(6-7-19(15)22)21-20(24)13-27-18-5-3-4-17(11-18)23(25)26/h3-11,14H,12-13H2,1-2H3,(H,21,24). The number of amides is 1. The minimum atomic E-state index is -0.506. The van der Waals surface area contributed by atoms with Crippen molar-refractivity contribution in [1.82, 2.24) is 4.57 Å². The van der Waals surface area contributed by atoms with Gasteiger partial charge in [-0.25, -0.2) is 0 Å². The minimum Gasteiger partial charge on any atom is -0.484 e. The summed E-state index contributed by atoms with van der Waals surface area (Å²) in [6, 6.07) is 13.5. The van der Waals surface area contributed by atoms with Gasteiger partial charge in [0.2, 0.25) is 0 Å². The summed E-state index contributed by atoms with van der Waals surface area (Å²) in [6.07, 6.45) is 2.04. The fourth-order valence-electron chi connectivity index (χ4n) is 2.86. The Kier molecular flexibility index (Phi) is 5.40. The van der Waals surface area contributed by atoms with E-state index in [4.69, 9.17) is 4.74 Å². The Balaban J connectivity index is 1.62. The first-order valence-corrected chi connectivity index (χ1v) is 8.68. The number of hydrogen-bond acceptors (Lipinski definition) is 4. The van der Waals surface area contributed by atoms with Crippen molar-refractivity contribution < 1.29 is 14.5 Å². The Hall–Kier alpha value is -3.35. The van der Waals surface area contributed by atoms with Gasteiger partial charge in [-0.05, 0) is 36.2 Å². The molecule has 1 heterocycles. The molecular formula is C20H21N3O4. The van der Waals surface area contributed by atoms with Gasteiger partial charge in [0.05, 0.1) is 11.0 Å². The summed E-state index contributed by atoms with van der Waals surface area (Å²) in [5.41, 5.74) is 1.72. The number of ether oxygens (including phenoxy) is 1. The molecule has 0 aliphatic carbocycles. The molecular weight excluding hydrogens is 346 g/mol. The second-order valence-electron chi connectivity index (χ2n) is 6.73. The molecule has 2 aromatic carbocycles. The normalized spacial score (nSPS) is 10.9. The van der Waals surface area contributed by atoms with Crippen molar-refractivity contribution in [3.8, 4) is 5.75 Å². The van der Waals surface area contributed by atoms with Crippen molar-refractivity contribution in [1.29, 1.82) is 0 Å². The van der Waals surface area contributed by atoms with Crippen LogP contribution in [-0.2, 0) is 11.3 Å². The fourth-order valence-corrected chi connectivity index (χ4v) is 2.86. The van der Waals surface area contributed by atoms with Crippen LogP contribution in [0.1, 0.15) is 13.8 Å². The second kappa shape index (κ2) is 7.90. The predicted molar refractivity (Wildman–Crippen MR) is 104 cm³/mol. The Morgan fingerprint density at radius 1 is 1.22 bits per heavy atom. The lowest BCUT2D eigenvalue weighted by atomic mass is 10.2. The molecule has 0 unspecified atom stereocenters. The number of nitro benzene ring substituents is 1. The highest BCUT2D eigenvalue weighted by atomic mass is 16.6. The topological polar surface area (TPSA) is 86.4 Å². The molecule has 0 aliphatic rings. The van der Waals surface area contributed by atoms with E-state index in [9.17, 15) is 14.9 Å². The number of nitrogens with one attached hydrogen (secondary N) is 1. The molecule has 7 nitrogen and oxygen atoms in total. The van der Waals surface area contributed by atoms with E-state index in [2.05, 4.69) is 23.7 Å². The molecule has 0 spiro atoms. The summed E-state index contributed by atoms with van der Waals surface area (Å²) in [5, 5.41) is 14.6. The molecule has 0 fully saturated rings. The van der Waals surface area contributed by atoms with Crippen LogP contribution in [-0.4, -0.2) is 22.0 Å². The summed E-state index contributed by atoms with van der Waals surface area (Å²) in [4.78, 5) is 22.4. The van der Waals surface area contributed by atoms with Gasteiger partial charge in [-0.2, -0.15) is 0 Å². The molecule has 3 rings (SSSR count). The molecule has 0 bridgehead atoms. The van der Waals surface area contributed by atoms with Crippen molar-refractivity contribution in [2.24, 2.45) is 5.92 Å². The third-order valence-electron chi connectivity index (χ3n) is 4.01. The van der Waals surface area contributed by atoms with Crippen LogP contribution in [0.5, 0.6) is 5.75 Å². The number of anilines is 1. The monoisotopic (exact) mass is 367 g/mol. The van der Waals surface area contributed by atoms with Crippen LogP contribution in [0.4, 0.5) is 11.4 Å². The Labute approximate surface area is 156 Å². The molecule has 1 N–H and O–H groups in total. The zero-order valence-electron chi connectivity index (χ0n) is 15.2. The van der Waals surface area contributed by atoms with Crippen LogP contribution in [0.3, 0.4) is 0 Å². The van der Waals surface area contributed by atoms with Crippen molar-refractivity contribution in [3.05, 3.63) is 64.8 Å². The van der Waals surface area contributed by atoms with Gasteiger partial charge in [0.1, 0.15) is 5.75 Å². The van der Waals surface area contributed by atoms with Crippen LogP contribution in [0, 0.1) is 16.0 Å². The first-order valence-electron chi connectivity index (χ1n) is 8.68. The van der Waals surface area contributed by atoms with Crippen molar-refractivity contribution in [2.75, 3.05) is 11.9 Å². The van der Waals surface area contributed by atoms with E-state index in [1.807, 2.05) is 30.5 Å². The lowest BCUT2D eigenvalue weighted by Gasteiger charge is -2.10. The zero-order valence-corrected chi connectivity index (χ0v) is 15.2. The van der Waals surface area contributed by atoms with Gasteiger partial charge >= 0.3 is 0 Å². The van der Waals surface area contributed by atoms with Crippen LogP contribution >= 0.6 is 0 Å². The van der Waals surface area contributed by atoms with E-state index in [0.29, 0.717) is 11.6 Å². The lowest BCUT2D eigenvalue weighted by molar-refractivity contribution is -0.384. The average Bonchev–Trinajstić information content (AvgIpc) is 3.01.